The molecule has 0 radical (unpaired) electrons. The summed E-state index contributed by atoms with van der Waals surface area (Å²) in [5.41, 5.74) is 1.04. The summed E-state index contributed by atoms with van der Waals surface area (Å²) < 4.78 is 4.61. The summed E-state index contributed by atoms with van der Waals surface area (Å²) in [6, 6.07) is 5.85. The molecule has 0 spiro atoms. The number of nitrogens with zero attached hydrogens (tertiary/aromatic N) is 1. The predicted octanol–water partition coefficient (Wildman–Crippen LogP) is 2.27. The zero-order chi connectivity index (χ0) is 11.1. The summed E-state index contributed by atoms with van der Waals surface area (Å²) in [6.07, 6.45) is 2.23. The third-order valence-electron chi connectivity index (χ3n) is 1.92. The van der Waals surface area contributed by atoms with E-state index in [0.717, 1.165) is 11.4 Å². The van der Waals surface area contributed by atoms with Crippen molar-refractivity contribution < 1.29 is 9.53 Å². The highest BCUT2D eigenvalue weighted by Gasteiger charge is 2.09. The van der Waals surface area contributed by atoms with Crippen LogP contribution in [-0.2, 0) is 15.3 Å². The van der Waals surface area contributed by atoms with E-state index >= 15 is 0 Å². The van der Waals surface area contributed by atoms with Gasteiger partial charge in [0.1, 0.15) is 0 Å². The lowest BCUT2D eigenvalue weighted by Gasteiger charge is -2.08. The minimum absolute atomic E-state index is 0.156. The molecule has 0 bridgehead atoms. The van der Waals surface area contributed by atoms with Gasteiger partial charge in [0.2, 0.25) is 0 Å². The molecule has 0 saturated carbocycles. The number of pyridine rings is 1. The second-order valence-corrected chi connectivity index (χ2v) is 4.65. The largest absolute Gasteiger partial charge is 0.469 e. The van der Waals surface area contributed by atoms with Crippen LogP contribution in [0.2, 0.25) is 0 Å². The van der Waals surface area contributed by atoms with Crippen molar-refractivity contribution in [1.29, 1.82) is 0 Å². The lowest BCUT2D eigenvalue weighted by Crippen LogP contribution is -2.08. The monoisotopic (exact) mass is 225 g/mol. The van der Waals surface area contributed by atoms with E-state index in [1.54, 1.807) is 18.0 Å². The number of aromatic nitrogens is 1. The fourth-order valence-corrected chi connectivity index (χ4v) is 1.97. The second-order valence-electron chi connectivity index (χ2n) is 3.22. The normalized spacial score (nSPS) is 12.1. The number of carbonyl (C=O) groups excluding carboxylic acids is 1. The first kappa shape index (κ1) is 12.0. The molecule has 1 heterocycles. The minimum atomic E-state index is -0.156. The van der Waals surface area contributed by atoms with Crippen LogP contribution in [0.3, 0.4) is 0 Å². The zero-order valence-corrected chi connectivity index (χ0v) is 9.79. The van der Waals surface area contributed by atoms with Crippen molar-refractivity contribution in [3.05, 3.63) is 30.1 Å². The van der Waals surface area contributed by atoms with E-state index in [9.17, 15) is 4.79 Å². The van der Waals surface area contributed by atoms with Crippen molar-refractivity contribution in [2.24, 2.45) is 0 Å². The highest BCUT2D eigenvalue weighted by atomic mass is 32.2. The van der Waals surface area contributed by atoms with Gasteiger partial charge in [0, 0.05) is 17.2 Å². The van der Waals surface area contributed by atoms with Gasteiger partial charge in [0.25, 0.3) is 0 Å². The molecule has 1 unspecified atom stereocenters. The van der Waals surface area contributed by atoms with Crippen LogP contribution in [0.4, 0.5) is 0 Å². The number of esters is 1. The first-order valence-electron chi connectivity index (χ1n) is 4.80. The molecule has 0 aromatic carbocycles. The van der Waals surface area contributed by atoms with Crippen LogP contribution in [0, 0.1) is 0 Å². The average molecular weight is 225 g/mol. The summed E-state index contributed by atoms with van der Waals surface area (Å²) >= 11 is 1.71. The summed E-state index contributed by atoms with van der Waals surface area (Å²) in [5, 5.41) is 0.263. The van der Waals surface area contributed by atoms with E-state index in [0.29, 0.717) is 6.42 Å². The van der Waals surface area contributed by atoms with Crippen LogP contribution in [0.5, 0.6) is 0 Å². The maximum atomic E-state index is 11.0. The van der Waals surface area contributed by atoms with Crippen molar-refractivity contribution in [3.8, 4) is 0 Å². The Kier molecular flexibility index (Phi) is 5.18. The van der Waals surface area contributed by atoms with Gasteiger partial charge in [-0.2, -0.15) is 11.8 Å². The molecule has 1 aromatic heterocycles. The molecule has 3 nitrogen and oxygen atoms in total. The van der Waals surface area contributed by atoms with Gasteiger partial charge in [-0.15, -0.1) is 0 Å². The van der Waals surface area contributed by atoms with E-state index < -0.39 is 0 Å². The lowest BCUT2D eigenvalue weighted by molar-refractivity contribution is -0.140. The number of hydrogen-bond acceptors (Lipinski definition) is 4. The van der Waals surface area contributed by atoms with Gasteiger partial charge < -0.3 is 4.74 Å². The molecule has 1 atom stereocenters. The van der Waals surface area contributed by atoms with Gasteiger partial charge in [0.15, 0.2) is 0 Å². The molecule has 82 valence electrons. The van der Waals surface area contributed by atoms with Gasteiger partial charge in [-0.3, -0.25) is 9.78 Å². The fourth-order valence-electron chi connectivity index (χ4n) is 1.09. The van der Waals surface area contributed by atoms with Gasteiger partial charge in [-0.05, 0) is 12.1 Å². The molecule has 15 heavy (non-hydrogen) atoms. The van der Waals surface area contributed by atoms with Crippen LogP contribution >= 0.6 is 11.8 Å². The standard InChI is InChI=1S/C11H15NO2S/c1-9(7-11(13)14-2)15-8-10-5-3-4-6-12-10/h3-6,9H,7-8H2,1-2H3. The van der Waals surface area contributed by atoms with Crippen molar-refractivity contribution in [2.75, 3.05) is 7.11 Å². The first-order chi connectivity index (χ1) is 7.22. The molecule has 0 aliphatic carbocycles. The molecule has 1 aromatic rings. The average Bonchev–Trinajstić information content (AvgIpc) is 2.27. The second kappa shape index (κ2) is 6.45. The molecule has 0 aliphatic rings. The number of ether oxygens (including phenoxy) is 1. The Morgan fingerprint density at radius 3 is 3.00 bits per heavy atom. The third kappa shape index (κ3) is 4.83. The molecular weight excluding hydrogens is 210 g/mol. The summed E-state index contributed by atoms with van der Waals surface area (Å²) in [7, 11) is 1.42. The zero-order valence-electron chi connectivity index (χ0n) is 8.97. The highest BCUT2D eigenvalue weighted by Crippen LogP contribution is 2.18. The number of methoxy groups -OCH3 is 1. The van der Waals surface area contributed by atoms with Crippen LogP contribution in [0.15, 0.2) is 24.4 Å². The van der Waals surface area contributed by atoms with Crippen molar-refractivity contribution in [3.63, 3.8) is 0 Å². The van der Waals surface area contributed by atoms with Crippen molar-refractivity contribution in [2.45, 2.75) is 24.3 Å². The Morgan fingerprint density at radius 1 is 1.60 bits per heavy atom. The Labute approximate surface area is 94.2 Å². The molecule has 4 heteroatoms. The minimum Gasteiger partial charge on any atom is -0.469 e. The van der Waals surface area contributed by atoms with E-state index in [2.05, 4.69) is 9.72 Å². The van der Waals surface area contributed by atoms with E-state index in [-0.39, 0.29) is 11.2 Å². The maximum absolute atomic E-state index is 11.0. The summed E-state index contributed by atoms with van der Waals surface area (Å²) in [6.45, 7) is 2.02. The quantitative estimate of drug-likeness (QED) is 0.721. The van der Waals surface area contributed by atoms with Gasteiger partial charge in [-0.1, -0.05) is 13.0 Å². The molecular formula is C11H15NO2S. The van der Waals surface area contributed by atoms with Crippen LogP contribution in [0.1, 0.15) is 19.0 Å². The molecule has 1 rings (SSSR count). The van der Waals surface area contributed by atoms with Crippen LogP contribution in [0.25, 0.3) is 0 Å². The molecule has 0 N–H and O–H groups in total. The van der Waals surface area contributed by atoms with Crippen molar-refractivity contribution >= 4 is 17.7 Å². The maximum Gasteiger partial charge on any atom is 0.306 e. The molecule has 0 aliphatic heterocycles. The number of rotatable bonds is 5. The van der Waals surface area contributed by atoms with Crippen molar-refractivity contribution in [1.82, 2.24) is 4.98 Å². The number of carbonyl (C=O) groups is 1. The topological polar surface area (TPSA) is 39.2 Å². The number of hydrogen-bond donors (Lipinski definition) is 0. The van der Waals surface area contributed by atoms with Gasteiger partial charge in [-0.25, -0.2) is 0 Å². The Morgan fingerprint density at radius 2 is 2.40 bits per heavy atom. The van der Waals surface area contributed by atoms with Gasteiger partial charge in [0.05, 0.1) is 19.2 Å². The third-order valence-corrected chi connectivity index (χ3v) is 3.12. The Hall–Kier alpha value is -1.03. The smallest absolute Gasteiger partial charge is 0.306 e. The van der Waals surface area contributed by atoms with Gasteiger partial charge >= 0.3 is 5.97 Å². The van der Waals surface area contributed by atoms with Crippen LogP contribution in [-0.4, -0.2) is 23.3 Å². The molecule has 0 fully saturated rings. The first-order valence-corrected chi connectivity index (χ1v) is 5.85. The van der Waals surface area contributed by atoms with E-state index in [1.165, 1.54) is 7.11 Å². The summed E-state index contributed by atoms with van der Waals surface area (Å²) in [5.74, 6) is 0.676. The highest BCUT2D eigenvalue weighted by molar-refractivity contribution is 7.99. The predicted molar refractivity (Wildman–Crippen MR) is 61.6 cm³/mol. The SMILES string of the molecule is COC(=O)CC(C)SCc1ccccn1. The van der Waals surface area contributed by atoms with Crippen LogP contribution < -0.4 is 0 Å². The fraction of sp³-hybridized carbons (Fsp3) is 0.455. The Balaban J connectivity index is 2.28. The summed E-state index contributed by atoms with van der Waals surface area (Å²) in [4.78, 5) is 15.2. The Bertz CT molecular complexity index is 303. The molecule has 0 saturated heterocycles. The number of thioether (sulfide) groups is 1. The van der Waals surface area contributed by atoms with E-state index in [1.807, 2.05) is 25.1 Å². The molecule has 0 amide bonds. The lowest BCUT2D eigenvalue weighted by atomic mass is 10.3. The van der Waals surface area contributed by atoms with E-state index in [4.69, 9.17) is 0 Å².